The quantitative estimate of drug-likeness (QED) is 0.893. The molecule has 0 radical (unpaired) electrons. The number of nitrogens with one attached hydrogen (secondary N) is 1. The number of amides is 1. The summed E-state index contributed by atoms with van der Waals surface area (Å²) in [5.41, 5.74) is -0.134. The molecule has 3 rings (SSSR count). The van der Waals surface area contributed by atoms with Crippen LogP contribution in [0.2, 0.25) is 0 Å². The Balaban J connectivity index is 1.59. The number of nitrogens with zero attached hydrogens (tertiary/aromatic N) is 4. The Labute approximate surface area is 126 Å². The number of carbonyl (C=O) groups is 1. The van der Waals surface area contributed by atoms with Crippen LogP contribution in [0.25, 0.3) is 0 Å². The molecule has 8 heteroatoms. The lowest BCUT2D eigenvalue weighted by atomic mass is 9.96. The van der Waals surface area contributed by atoms with Crippen molar-refractivity contribution in [3.8, 4) is 0 Å². The van der Waals surface area contributed by atoms with Gasteiger partial charge in [-0.2, -0.15) is 5.10 Å². The molecule has 1 aliphatic rings. The summed E-state index contributed by atoms with van der Waals surface area (Å²) in [5.74, 6) is 1.10. The first-order valence-electron chi connectivity index (χ1n) is 7.14. The zero-order valence-electron chi connectivity index (χ0n) is 12.2. The van der Waals surface area contributed by atoms with E-state index in [0.29, 0.717) is 5.82 Å². The Kier molecular flexibility index (Phi) is 3.90. The molecule has 0 aromatic carbocycles. The van der Waals surface area contributed by atoms with Gasteiger partial charge in [-0.3, -0.25) is 9.59 Å². The summed E-state index contributed by atoms with van der Waals surface area (Å²) in [6.45, 7) is 1.45. The van der Waals surface area contributed by atoms with Gasteiger partial charge in [0.1, 0.15) is 12.1 Å². The van der Waals surface area contributed by atoms with Crippen molar-refractivity contribution in [2.24, 2.45) is 13.0 Å². The summed E-state index contributed by atoms with van der Waals surface area (Å²) < 4.78 is 6.01. The second-order valence-corrected chi connectivity index (χ2v) is 5.29. The van der Waals surface area contributed by atoms with E-state index in [4.69, 9.17) is 0 Å². The molecule has 0 saturated carbocycles. The Morgan fingerprint density at radius 2 is 2.09 bits per heavy atom. The average Bonchev–Trinajstić information content (AvgIpc) is 3.03. The number of aryl methyl sites for hydroxylation is 1. The van der Waals surface area contributed by atoms with E-state index in [0.717, 1.165) is 31.7 Å². The van der Waals surface area contributed by atoms with E-state index < -0.39 is 0 Å². The van der Waals surface area contributed by atoms with Crippen molar-refractivity contribution in [2.75, 3.05) is 23.3 Å². The molecule has 2 aromatic rings. The molecule has 0 bridgehead atoms. The number of hydrogen-bond donors (Lipinski definition) is 1. The first-order valence-corrected chi connectivity index (χ1v) is 7.14. The summed E-state index contributed by atoms with van der Waals surface area (Å²) in [4.78, 5) is 25.6. The summed E-state index contributed by atoms with van der Waals surface area (Å²) in [6, 6.07) is 4.84. The number of hydrogen-bond acceptors (Lipinski definition) is 6. The van der Waals surface area contributed by atoms with Gasteiger partial charge in [-0.05, 0) is 18.9 Å². The van der Waals surface area contributed by atoms with Crippen molar-refractivity contribution in [3.63, 3.8) is 0 Å². The zero-order chi connectivity index (χ0) is 15.5. The normalized spacial score (nSPS) is 15.8. The fourth-order valence-corrected chi connectivity index (χ4v) is 2.53. The van der Waals surface area contributed by atoms with Crippen LogP contribution in [0.15, 0.2) is 33.8 Å². The smallest absolute Gasteiger partial charge is 0.266 e. The van der Waals surface area contributed by atoms with E-state index in [1.165, 1.54) is 17.0 Å². The second-order valence-electron chi connectivity index (χ2n) is 5.29. The number of rotatable bonds is 3. The molecule has 1 N–H and O–H groups in total. The molecule has 1 amide bonds. The molecule has 1 aliphatic heterocycles. The molecule has 0 unspecified atom stereocenters. The first-order chi connectivity index (χ1) is 10.6. The van der Waals surface area contributed by atoms with Crippen LogP contribution in [0.5, 0.6) is 0 Å². The van der Waals surface area contributed by atoms with E-state index >= 15 is 0 Å². The van der Waals surface area contributed by atoms with Gasteiger partial charge >= 0.3 is 0 Å². The molecular formula is C14H17N5O3. The Morgan fingerprint density at radius 3 is 2.73 bits per heavy atom. The van der Waals surface area contributed by atoms with Crippen LogP contribution in [0.1, 0.15) is 12.8 Å². The maximum Gasteiger partial charge on any atom is 0.266 e. The minimum Gasteiger partial charge on any atom is -0.363 e. The van der Waals surface area contributed by atoms with E-state index in [9.17, 15) is 9.59 Å². The Hall–Kier alpha value is -2.64. The minimum absolute atomic E-state index is 0.0398. The van der Waals surface area contributed by atoms with Crippen LogP contribution in [-0.2, 0) is 11.8 Å². The zero-order valence-corrected chi connectivity index (χ0v) is 12.2. The number of aromatic nitrogens is 3. The van der Waals surface area contributed by atoms with Crippen LogP contribution in [0.4, 0.5) is 11.6 Å². The third kappa shape index (κ3) is 3.00. The molecule has 0 aliphatic carbocycles. The number of piperidine rings is 1. The average molecular weight is 303 g/mol. The SMILES string of the molecule is Cn1nc(N2CCC(C(=O)Nc3ccon3)CC2)ccc1=O. The molecule has 0 atom stereocenters. The van der Waals surface area contributed by atoms with Crippen molar-refractivity contribution < 1.29 is 9.32 Å². The van der Waals surface area contributed by atoms with Gasteiger partial charge < -0.3 is 14.7 Å². The van der Waals surface area contributed by atoms with E-state index in [-0.39, 0.29) is 17.4 Å². The lowest BCUT2D eigenvalue weighted by Gasteiger charge is -2.31. The number of anilines is 2. The van der Waals surface area contributed by atoms with E-state index in [2.05, 4.69) is 25.0 Å². The summed E-state index contributed by atoms with van der Waals surface area (Å²) >= 11 is 0. The molecule has 116 valence electrons. The van der Waals surface area contributed by atoms with Gasteiger partial charge in [-0.15, -0.1) is 0 Å². The number of carbonyl (C=O) groups excluding carboxylic acids is 1. The third-order valence-corrected chi connectivity index (χ3v) is 3.83. The molecule has 1 fully saturated rings. The molecule has 3 heterocycles. The Bertz CT molecular complexity index is 702. The summed E-state index contributed by atoms with van der Waals surface area (Å²) in [6.07, 6.45) is 2.88. The van der Waals surface area contributed by atoms with Crippen LogP contribution in [0, 0.1) is 5.92 Å². The maximum atomic E-state index is 12.1. The van der Waals surface area contributed by atoms with Crippen molar-refractivity contribution in [2.45, 2.75) is 12.8 Å². The highest BCUT2D eigenvalue weighted by Gasteiger charge is 2.26. The third-order valence-electron chi connectivity index (χ3n) is 3.83. The predicted octanol–water partition coefficient (Wildman–Crippen LogP) is 0.623. The lowest BCUT2D eigenvalue weighted by molar-refractivity contribution is -0.120. The fourth-order valence-electron chi connectivity index (χ4n) is 2.53. The topological polar surface area (TPSA) is 93.3 Å². The molecule has 22 heavy (non-hydrogen) atoms. The highest BCUT2D eigenvalue weighted by atomic mass is 16.5. The molecule has 0 spiro atoms. The molecule has 8 nitrogen and oxygen atoms in total. The minimum atomic E-state index is -0.134. The van der Waals surface area contributed by atoms with Gasteiger partial charge in [0.05, 0.1) is 0 Å². The van der Waals surface area contributed by atoms with Gasteiger partial charge in [0.15, 0.2) is 5.82 Å². The monoisotopic (exact) mass is 303 g/mol. The van der Waals surface area contributed by atoms with E-state index in [1.54, 1.807) is 19.2 Å². The van der Waals surface area contributed by atoms with Crippen molar-refractivity contribution in [1.82, 2.24) is 14.9 Å². The largest absolute Gasteiger partial charge is 0.363 e. The van der Waals surface area contributed by atoms with Gasteiger partial charge in [0.2, 0.25) is 5.91 Å². The van der Waals surface area contributed by atoms with Crippen LogP contribution in [-0.4, -0.2) is 33.9 Å². The molecule has 2 aromatic heterocycles. The second kappa shape index (κ2) is 6.00. The van der Waals surface area contributed by atoms with Gasteiger partial charge in [0.25, 0.3) is 5.56 Å². The summed E-state index contributed by atoms with van der Waals surface area (Å²) in [7, 11) is 1.63. The Morgan fingerprint density at radius 1 is 1.32 bits per heavy atom. The van der Waals surface area contributed by atoms with Crippen LogP contribution in [0.3, 0.4) is 0 Å². The fraction of sp³-hybridized carbons (Fsp3) is 0.429. The van der Waals surface area contributed by atoms with Gasteiger partial charge in [0, 0.05) is 38.2 Å². The lowest BCUT2D eigenvalue weighted by Crippen LogP contribution is -2.39. The molecule has 1 saturated heterocycles. The van der Waals surface area contributed by atoms with Crippen molar-refractivity contribution >= 4 is 17.5 Å². The molecular weight excluding hydrogens is 286 g/mol. The van der Waals surface area contributed by atoms with E-state index in [1.807, 2.05) is 0 Å². The van der Waals surface area contributed by atoms with Gasteiger partial charge in [-0.1, -0.05) is 5.16 Å². The maximum absolute atomic E-state index is 12.1. The van der Waals surface area contributed by atoms with Gasteiger partial charge in [-0.25, -0.2) is 4.68 Å². The van der Waals surface area contributed by atoms with Crippen LogP contribution >= 0.6 is 0 Å². The van der Waals surface area contributed by atoms with Crippen molar-refractivity contribution in [1.29, 1.82) is 0 Å². The highest BCUT2D eigenvalue weighted by Crippen LogP contribution is 2.22. The summed E-state index contributed by atoms with van der Waals surface area (Å²) in [5, 5.41) is 10.6. The first kappa shape index (κ1) is 14.3. The standard InChI is InChI=1S/C14H17N5O3/c1-18-13(20)3-2-12(16-18)19-7-4-10(5-8-19)14(21)15-11-6-9-22-17-11/h2-3,6,9-10H,4-5,7-8H2,1H3,(H,15,17,21). The predicted molar refractivity (Wildman–Crippen MR) is 79.5 cm³/mol. The van der Waals surface area contributed by atoms with Crippen LogP contribution < -0.4 is 15.8 Å². The van der Waals surface area contributed by atoms with Crippen molar-refractivity contribution in [3.05, 3.63) is 34.8 Å². The highest BCUT2D eigenvalue weighted by molar-refractivity contribution is 5.91.